The lowest BCUT2D eigenvalue weighted by Crippen LogP contribution is -2.43. The van der Waals surface area contributed by atoms with Gasteiger partial charge in [0.25, 0.3) is 0 Å². The molecule has 0 spiro atoms. The summed E-state index contributed by atoms with van der Waals surface area (Å²) in [6.07, 6.45) is 15.0. The molecule has 1 saturated carbocycles. The first-order valence-corrected chi connectivity index (χ1v) is 10.6. The summed E-state index contributed by atoms with van der Waals surface area (Å²) in [6.45, 7) is 8.68. The van der Waals surface area contributed by atoms with E-state index >= 15 is 0 Å². The summed E-state index contributed by atoms with van der Waals surface area (Å²) in [5, 5.41) is 0. The first-order chi connectivity index (χ1) is 12.9. The smallest absolute Gasteiger partial charge is 0.238 e. The summed E-state index contributed by atoms with van der Waals surface area (Å²) in [7, 11) is 0. The van der Waals surface area contributed by atoms with Crippen molar-refractivity contribution in [1.29, 1.82) is 0 Å². The van der Waals surface area contributed by atoms with Crippen molar-refractivity contribution in [3.05, 3.63) is 34.7 Å². The van der Waals surface area contributed by atoms with Gasteiger partial charge in [0.1, 0.15) is 11.3 Å². The van der Waals surface area contributed by atoms with Gasteiger partial charge in [-0.2, -0.15) is 0 Å². The molecule has 0 saturated heterocycles. The summed E-state index contributed by atoms with van der Waals surface area (Å²) in [6, 6.07) is 0. The second kappa shape index (κ2) is 8.45. The van der Waals surface area contributed by atoms with Crippen LogP contribution in [-0.2, 0) is 4.74 Å². The zero-order valence-corrected chi connectivity index (χ0v) is 17.5. The number of nitrogens with two attached hydrogens (primary N) is 1. The monoisotopic (exact) mass is 369 g/mol. The highest BCUT2D eigenvalue weighted by Gasteiger charge is 2.37. The molecular weight excluding hydrogens is 334 g/mol. The Morgan fingerprint density at radius 3 is 2.59 bits per heavy atom. The van der Waals surface area contributed by atoms with E-state index in [-0.39, 0.29) is 0 Å². The van der Waals surface area contributed by atoms with Crippen LogP contribution in [-0.4, -0.2) is 23.8 Å². The van der Waals surface area contributed by atoms with Gasteiger partial charge >= 0.3 is 0 Å². The summed E-state index contributed by atoms with van der Waals surface area (Å²) in [5.41, 5.74) is 10.9. The molecule has 2 N–H and O–H groups in total. The molecule has 1 aliphatic heterocycles. The molecule has 0 aromatic rings. The lowest BCUT2D eigenvalue weighted by atomic mass is 9.82. The van der Waals surface area contributed by atoms with Crippen molar-refractivity contribution >= 4 is 11.6 Å². The number of allylic oxidation sites excluding steroid dienone is 4. The molecule has 4 heteroatoms. The molecule has 0 aromatic carbocycles. The number of rotatable bonds is 3. The van der Waals surface area contributed by atoms with Crippen molar-refractivity contribution in [3.63, 3.8) is 0 Å². The third-order valence-corrected chi connectivity index (χ3v) is 5.87. The molecule has 0 bridgehead atoms. The lowest BCUT2D eigenvalue weighted by molar-refractivity contribution is 0.162. The molecule has 148 valence electrons. The minimum absolute atomic E-state index is 0.498. The maximum absolute atomic E-state index is 6.26. The minimum atomic E-state index is -0.498. The molecule has 0 aromatic heterocycles. The molecule has 1 heterocycles. The van der Waals surface area contributed by atoms with Crippen LogP contribution in [0.4, 0.5) is 0 Å². The Morgan fingerprint density at radius 2 is 1.93 bits per heavy atom. The maximum atomic E-state index is 6.26. The molecule has 0 atom stereocenters. The molecule has 4 nitrogen and oxygen atoms in total. The fraction of sp³-hybridized carbons (Fsp3) is 0.652. The van der Waals surface area contributed by atoms with Crippen LogP contribution >= 0.6 is 0 Å². The molecule has 1 fully saturated rings. The van der Waals surface area contributed by atoms with Crippen LogP contribution in [0.1, 0.15) is 79.1 Å². The van der Waals surface area contributed by atoms with E-state index in [0.717, 1.165) is 18.1 Å². The molecule has 3 aliphatic rings. The number of hydrogen-bond donors (Lipinski definition) is 1. The number of nitrogens with zero attached hydrogens (tertiary/aromatic N) is 2. The summed E-state index contributed by atoms with van der Waals surface area (Å²) >= 11 is 0. The number of aliphatic imine (C=N–C) groups is 2. The second-order valence-electron chi connectivity index (χ2n) is 8.51. The number of hydrogen-bond acceptors (Lipinski definition) is 4. The Balaban J connectivity index is 1.94. The topological polar surface area (TPSA) is 60.0 Å². The first kappa shape index (κ1) is 19.9. The molecular formula is C23H35N3O. The Labute approximate surface area is 164 Å². The van der Waals surface area contributed by atoms with Crippen molar-refractivity contribution in [2.45, 2.75) is 84.7 Å². The summed E-state index contributed by atoms with van der Waals surface area (Å²) < 4.78 is 6.26. The predicted octanol–water partition coefficient (Wildman–Crippen LogP) is 5.46. The van der Waals surface area contributed by atoms with Gasteiger partial charge in [-0.3, -0.25) is 4.99 Å². The van der Waals surface area contributed by atoms with Gasteiger partial charge in [0.2, 0.25) is 5.90 Å². The van der Waals surface area contributed by atoms with E-state index in [0.29, 0.717) is 23.8 Å². The average molecular weight is 370 g/mol. The van der Waals surface area contributed by atoms with E-state index in [2.05, 4.69) is 31.0 Å². The first-order valence-electron chi connectivity index (χ1n) is 10.6. The van der Waals surface area contributed by atoms with Gasteiger partial charge in [-0.15, -0.1) is 0 Å². The second-order valence-corrected chi connectivity index (χ2v) is 8.51. The lowest BCUT2D eigenvalue weighted by Gasteiger charge is -2.34. The van der Waals surface area contributed by atoms with Crippen LogP contribution in [0.25, 0.3) is 0 Å². The quantitative estimate of drug-likeness (QED) is 0.718. The third-order valence-electron chi connectivity index (χ3n) is 5.87. The highest BCUT2D eigenvalue weighted by atomic mass is 16.5. The molecule has 27 heavy (non-hydrogen) atoms. The van der Waals surface area contributed by atoms with Gasteiger partial charge in [-0.25, -0.2) is 4.99 Å². The highest BCUT2D eigenvalue weighted by molar-refractivity contribution is 6.13. The largest absolute Gasteiger partial charge is 0.464 e. The van der Waals surface area contributed by atoms with Crippen molar-refractivity contribution in [2.24, 2.45) is 21.6 Å². The molecule has 2 aliphatic carbocycles. The van der Waals surface area contributed by atoms with E-state index in [1.165, 1.54) is 50.5 Å². The van der Waals surface area contributed by atoms with E-state index in [9.17, 15) is 0 Å². The Hall–Kier alpha value is -1.84. The fourth-order valence-corrected chi connectivity index (χ4v) is 4.47. The van der Waals surface area contributed by atoms with Gasteiger partial charge in [-0.05, 0) is 71.3 Å². The van der Waals surface area contributed by atoms with Crippen LogP contribution in [0.2, 0.25) is 0 Å². The van der Waals surface area contributed by atoms with E-state index in [1.54, 1.807) is 5.57 Å². The van der Waals surface area contributed by atoms with E-state index in [4.69, 9.17) is 15.5 Å². The zero-order valence-electron chi connectivity index (χ0n) is 17.5. The molecule has 3 rings (SSSR count). The van der Waals surface area contributed by atoms with Gasteiger partial charge in [0, 0.05) is 12.2 Å². The number of ether oxygens (including phenoxy) is 1. The zero-order chi connectivity index (χ0) is 19.4. The van der Waals surface area contributed by atoms with Crippen molar-refractivity contribution in [3.8, 4) is 0 Å². The normalized spacial score (nSPS) is 27.3. The predicted molar refractivity (Wildman–Crippen MR) is 114 cm³/mol. The summed E-state index contributed by atoms with van der Waals surface area (Å²) in [4.78, 5) is 9.43. The van der Waals surface area contributed by atoms with Crippen LogP contribution in [0.5, 0.6) is 0 Å². The fourth-order valence-electron chi connectivity index (χ4n) is 4.47. The van der Waals surface area contributed by atoms with Crippen LogP contribution in [0.3, 0.4) is 0 Å². The SMILES string of the molecule is CC/N=C1/OC(C)(C)C(C2=CC=C(C3CCCCC3)CCC2)=N/C1=C(/C)N. The van der Waals surface area contributed by atoms with E-state index < -0.39 is 5.60 Å². The minimum Gasteiger partial charge on any atom is -0.464 e. The van der Waals surface area contributed by atoms with Gasteiger partial charge < -0.3 is 10.5 Å². The Kier molecular flexibility index (Phi) is 6.23. The third kappa shape index (κ3) is 4.53. The van der Waals surface area contributed by atoms with Gasteiger partial charge in [0.05, 0.1) is 5.71 Å². The van der Waals surface area contributed by atoms with Gasteiger partial charge in [0.15, 0.2) is 0 Å². The molecule has 0 amide bonds. The highest BCUT2D eigenvalue weighted by Crippen LogP contribution is 2.36. The standard InChI is InChI=1S/C23H35N3O/c1-5-25-22-20(16(2)24)26-21(23(3,4)27-22)19-13-9-12-18(14-15-19)17-10-7-6-8-11-17/h14-15,17H,5-13,24H2,1-4H3/b20-16-,25-22+. The maximum Gasteiger partial charge on any atom is 0.238 e. The average Bonchev–Trinajstić information content (AvgIpc) is 2.88. The van der Waals surface area contributed by atoms with Crippen LogP contribution in [0, 0.1) is 5.92 Å². The molecule has 0 radical (unpaired) electrons. The van der Waals surface area contributed by atoms with Crippen LogP contribution < -0.4 is 5.73 Å². The van der Waals surface area contributed by atoms with Crippen molar-refractivity contribution in [2.75, 3.05) is 6.54 Å². The van der Waals surface area contributed by atoms with Crippen molar-refractivity contribution in [1.82, 2.24) is 0 Å². The Bertz CT molecular complexity index is 712. The van der Waals surface area contributed by atoms with E-state index in [1.807, 2.05) is 13.8 Å². The Morgan fingerprint density at radius 1 is 1.19 bits per heavy atom. The van der Waals surface area contributed by atoms with Crippen LogP contribution in [0.15, 0.2) is 44.7 Å². The van der Waals surface area contributed by atoms with Gasteiger partial charge in [-0.1, -0.05) is 37.0 Å². The summed E-state index contributed by atoms with van der Waals surface area (Å²) in [5.74, 6) is 1.36. The molecule has 0 unspecified atom stereocenters. The van der Waals surface area contributed by atoms with Crippen molar-refractivity contribution < 1.29 is 4.74 Å².